The van der Waals surface area contributed by atoms with Crippen LogP contribution < -0.4 is 14.4 Å². The van der Waals surface area contributed by atoms with Crippen molar-refractivity contribution >= 4 is 32.6 Å². The first kappa shape index (κ1) is 22.8. The minimum absolute atomic E-state index is 0.0615. The highest BCUT2D eigenvalue weighted by Gasteiger charge is 2.21. The summed E-state index contributed by atoms with van der Waals surface area (Å²) in [5.74, 6) is 1.78. The van der Waals surface area contributed by atoms with Crippen LogP contribution in [0.2, 0.25) is 0 Å². The summed E-state index contributed by atoms with van der Waals surface area (Å²) in [5.41, 5.74) is 3.11. The largest absolute Gasteiger partial charge is 0.494 e. The fourth-order valence-corrected chi connectivity index (χ4v) is 4.48. The molecule has 0 saturated heterocycles. The van der Waals surface area contributed by atoms with Gasteiger partial charge in [-0.2, -0.15) is 0 Å². The summed E-state index contributed by atoms with van der Waals surface area (Å²) >= 11 is 1.48. The van der Waals surface area contributed by atoms with Crippen molar-refractivity contribution in [3.8, 4) is 11.5 Å². The van der Waals surface area contributed by atoms with Crippen molar-refractivity contribution in [3.05, 3.63) is 83.9 Å². The minimum atomic E-state index is -0.143. The van der Waals surface area contributed by atoms with Crippen LogP contribution in [0.5, 0.6) is 11.5 Å². The standard InChI is InChI=1S/C27H28N2O3S/c1-4-31-23-14-15-24-25(16-23)33-27(28-24)29(17-20-8-6-5-7-9-20)26(30)18-32-22-12-10-21(11-13-22)19(2)3/h5-16,19H,4,17-18H2,1-3H3. The lowest BCUT2D eigenvalue weighted by Crippen LogP contribution is -2.34. The smallest absolute Gasteiger partial charge is 0.267 e. The zero-order chi connectivity index (χ0) is 23.2. The number of amides is 1. The number of anilines is 1. The van der Waals surface area contributed by atoms with Crippen LogP contribution in [-0.2, 0) is 11.3 Å². The molecule has 0 aliphatic rings. The maximum Gasteiger partial charge on any atom is 0.267 e. The van der Waals surface area contributed by atoms with Gasteiger partial charge >= 0.3 is 0 Å². The molecular formula is C27H28N2O3S. The van der Waals surface area contributed by atoms with E-state index in [0.717, 1.165) is 21.5 Å². The number of carbonyl (C=O) groups is 1. The van der Waals surface area contributed by atoms with E-state index in [-0.39, 0.29) is 12.5 Å². The lowest BCUT2D eigenvalue weighted by Gasteiger charge is -2.20. The maximum atomic E-state index is 13.3. The highest BCUT2D eigenvalue weighted by atomic mass is 32.1. The van der Waals surface area contributed by atoms with Gasteiger partial charge in [-0.25, -0.2) is 4.98 Å². The molecule has 4 aromatic rings. The monoisotopic (exact) mass is 460 g/mol. The number of rotatable bonds is 9. The Morgan fingerprint density at radius 3 is 2.39 bits per heavy atom. The van der Waals surface area contributed by atoms with E-state index in [2.05, 4.69) is 13.8 Å². The molecule has 170 valence electrons. The van der Waals surface area contributed by atoms with Crippen LogP contribution in [0.25, 0.3) is 10.2 Å². The summed E-state index contributed by atoms with van der Waals surface area (Å²) in [6.07, 6.45) is 0. The first-order valence-electron chi connectivity index (χ1n) is 11.1. The third-order valence-corrected chi connectivity index (χ3v) is 6.33. The highest BCUT2D eigenvalue weighted by Crippen LogP contribution is 2.32. The number of hydrogen-bond acceptors (Lipinski definition) is 5. The second kappa shape index (κ2) is 10.5. The Morgan fingerprint density at radius 1 is 0.970 bits per heavy atom. The van der Waals surface area contributed by atoms with Gasteiger partial charge in [0.2, 0.25) is 0 Å². The van der Waals surface area contributed by atoms with Gasteiger partial charge in [-0.1, -0.05) is 67.6 Å². The Morgan fingerprint density at radius 2 is 1.70 bits per heavy atom. The zero-order valence-corrected chi connectivity index (χ0v) is 20.0. The Balaban J connectivity index is 1.56. The summed E-state index contributed by atoms with van der Waals surface area (Å²) in [7, 11) is 0. The molecule has 3 aromatic carbocycles. The molecule has 1 heterocycles. The van der Waals surface area contributed by atoms with Crippen LogP contribution in [0.4, 0.5) is 5.13 Å². The number of thiazole rings is 1. The van der Waals surface area contributed by atoms with Crippen LogP contribution >= 0.6 is 11.3 Å². The average Bonchev–Trinajstić information content (AvgIpc) is 3.25. The first-order chi connectivity index (χ1) is 16.0. The van der Waals surface area contributed by atoms with Crippen LogP contribution in [0.15, 0.2) is 72.8 Å². The molecule has 0 fully saturated rings. The third kappa shape index (κ3) is 5.71. The molecule has 1 amide bonds. The molecule has 5 nitrogen and oxygen atoms in total. The van der Waals surface area contributed by atoms with Crippen molar-refractivity contribution in [3.63, 3.8) is 0 Å². The summed E-state index contributed by atoms with van der Waals surface area (Å²) in [4.78, 5) is 19.7. The van der Waals surface area contributed by atoms with E-state index < -0.39 is 0 Å². The molecule has 0 saturated carbocycles. The van der Waals surface area contributed by atoms with Gasteiger partial charge in [0.15, 0.2) is 11.7 Å². The average molecular weight is 461 g/mol. The first-order valence-corrected chi connectivity index (χ1v) is 12.0. The normalized spacial score (nSPS) is 11.0. The molecular weight excluding hydrogens is 432 g/mol. The van der Waals surface area contributed by atoms with Crippen molar-refractivity contribution in [1.29, 1.82) is 0 Å². The second-order valence-corrected chi connectivity index (χ2v) is 9.05. The van der Waals surface area contributed by atoms with Gasteiger partial charge in [-0.15, -0.1) is 0 Å². The number of benzene rings is 3. The molecule has 33 heavy (non-hydrogen) atoms. The van der Waals surface area contributed by atoms with E-state index in [0.29, 0.717) is 30.0 Å². The van der Waals surface area contributed by atoms with Gasteiger partial charge in [0.05, 0.1) is 23.4 Å². The second-order valence-electron chi connectivity index (χ2n) is 8.04. The Bertz CT molecular complexity index is 1200. The number of hydrogen-bond donors (Lipinski definition) is 0. The molecule has 6 heteroatoms. The van der Waals surface area contributed by atoms with Crippen molar-refractivity contribution in [2.45, 2.75) is 33.2 Å². The lowest BCUT2D eigenvalue weighted by molar-refractivity contribution is -0.120. The SMILES string of the molecule is CCOc1ccc2nc(N(Cc3ccccc3)C(=O)COc3ccc(C(C)C)cc3)sc2c1. The summed E-state index contributed by atoms with van der Waals surface area (Å²) in [6.45, 7) is 7.22. The molecule has 0 aliphatic heterocycles. The predicted molar refractivity (Wildman–Crippen MR) is 134 cm³/mol. The molecule has 0 unspecified atom stereocenters. The summed E-state index contributed by atoms with van der Waals surface area (Å²) in [5, 5.41) is 0.645. The van der Waals surface area contributed by atoms with E-state index in [4.69, 9.17) is 14.5 Å². The molecule has 0 spiro atoms. The Hall–Kier alpha value is -3.38. The van der Waals surface area contributed by atoms with Crippen molar-refractivity contribution in [2.24, 2.45) is 0 Å². The minimum Gasteiger partial charge on any atom is -0.494 e. The molecule has 0 atom stereocenters. The van der Waals surface area contributed by atoms with Crippen molar-refractivity contribution in [1.82, 2.24) is 4.98 Å². The molecule has 1 aromatic heterocycles. The van der Waals surface area contributed by atoms with E-state index in [1.54, 1.807) is 4.90 Å². The number of fused-ring (bicyclic) bond motifs is 1. The highest BCUT2D eigenvalue weighted by molar-refractivity contribution is 7.22. The lowest BCUT2D eigenvalue weighted by atomic mass is 10.0. The number of nitrogens with zero attached hydrogens (tertiary/aromatic N) is 2. The van der Waals surface area contributed by atoms with Gasteiger partial charge in [-0.3, -0.25) is 9.69 Å². The fraction of sp³-hybridized carbons (Fsp3) is 0.259. The van der Waals surface area contributed by atoms with E-state index in [1.165, 1.54) is 16.9 Å². The predicted octanol–water partition coefficient (Wildman–Crippen LogP) is 6.43. The van der Waals surface area contributed by atoms with Gasteiger partial charge < -0.3 is 9.47 Å². The third-order valence-electron chi connectivity index (χ3n) is 5.28. The fourth-order valence-electron chi connectivity index (χ4n) is 3.47. The van der Waals surface area contributed by atoms with Gasteiger partial charge in [0, 0.05) is 0 Å². The van der Waals surface area contributed by atoms with Crippen LogP contribution in [0.3, 0.4) is 0 Å². The van der Waals surface area contributed by atoms with E-state index in [9.17, 15) is 4.79 Å². The summed E-state index contributed by atoms with van der Waals surface area (Å²) in [6, 6.07) is 23.6. The van der Waals surface area contributed by atoms with Gasteiger partial charge in [0.25, 0.3) is 5.91 Å². The number of ether oxygens (including phenoxy) is 2. The summed E-state index contributed by atoms with van der Waals surface area (Å²) < 4.78 is 12.4. The molecule has 0 N–H and O–H groups in total. The van der Waals surface area contributed by atoms with Gasteiger partial charge in [-0.05, 0) is 54.3 Å². The van der Waals surface area contributed by atoms with Crippen molar-refractivity contribution < 1.29 is 14.3 Å². The van der Waals surface area contributed by atoms with E-state index >= 15 is 0 Å². The quantitative estimate of drug-likeness (QED) is 0.289. The Labute approximate surface area is 198 Å². The topological polar surface area (TPSA) is 51.7 Å². The molecule has 4 rings (SSSR count). The number of carbonyl (C=O) groups excluding carboxylic acids is 1. The molecule has 0 aliphatic carbocycles. The van der Waals surface area contributed by atoms with E-state index in [1.807, 2.05) is 79.7 Å². The molecule has 0 radical (unpaired) electrons. The zero-order valence-electron chi connectivity index (χ0n) is 19.2. The van der Waals surface area contributed by atoms with Crippen LogP contribution in [0.1, 0.15) is 37.8 Å². The number of aromatic nitrogens is 1. The molecule has 0 bridgehead atoms. The van der Waals surface area contributed by atoms with Crippen LogP contribution in [-0.4, -0.2) is 24.1 Å². The Kier molecular flexibility index (Phi) is 7.25. The van der Waals surface area contributed by atoms with Gasteiger partial charge in [0.1, 0.15) is 11.5 Å². The maximum absolute atomic E-state index is 13.3. The van der Waals surface area contributed by atoms with Crippen molar-refractivity contribution in [2.75, 3.05) is 18.1 Å². The van der Waals surface area contributed by atoms with Crippen LogP contribution in [0, 0.1) is 0 Å².